The molecule has 0 bridgehead atoms. The van der Waals surface area contributed by atoms with E-state index in [2.05, 4.69) is 25.8 Å². The number of aromatic nitrogens is 3. The lowest BCUT2D eigenvalue weighted by atomic mass is 10.1. The first-order valence-corrected chi connectivity index (χ1v) is 10.3. The number of anilines is 2. The van der Waals surface area contributed by atoms with Crippen molar-refractivity contribution in [2.75, 3.05) is 17.7 Å². The zero-order valence-electron chi connectivity index (χ0n) is 18.0. The van der Waals surface area contributed by atoms with Crippen LogP contribution in [0.5, 0.6) is 5.75 Å². The smallest absolute Gasteiger partial charge is 0.323 e. The average Bonchev–Trinajstić information content (AvgIpc) is 3.46. The second-order valence-corrected chi connectivity index (χ2v) is 7.53. The molecular weight excluding hydrogens is 418 g/mol. The molecule has 0 radical (unpaired) electrons. The number of hydrogen-bond donors (Lipinski definition) is 3. The lowest BCUT2D eigenvalue weighted by molar-refractivity contribution is 0.262. The molecule has 2 heterocycles. The van der Waals surface area contributed by atoms with Gasteiger partial charge < -0.3 is 19.8 Å². The highest BCUT2D eigenvalue weighted by atomic mass is 16.5. The third-order valence-corrected chi connectivity index (χ3v) is 5.16. The van der Waals surface area contributed by atoms with E-state index in [1.54, 1.807) is 37.6 Å². The molecule has 0 aliphatic heterocycles. The molecule has 8 nitrogen and oxygen atoms in total. The molecule has 0 spiro atoms. The largest absolute Gasteiger partial charge is 0.497 e. The number of rotatable bonds is 5. The number of carbonyl (C=O) groups excluding carboxylic acids is 1. The van der Waals surface area contributed by atoms with Gasteiger partial charge in [-0.25, -0.2) is 9.78 Å². The van der Waals surface area contributed by atoms with Crippen LogP contribution in [0.4, 0.5) is 16.2 Å². The van der Waals surface area contributed by atoms with Crippen molar-refractivity contribution in [2.45, 2.75) is 6.92 Å². The van der Waals surface area contributed by atoms with Crippen molar-refractivity contribution >= 4 is 28.5 Å². The summed E-state index contributed by atoms with van der Waals surface area (Å²) in [5.74, 6) is 1.20. The van der Waals surface area contributed by atoms with Crippen LogP contribution < -0.4 is 15.4 Å². The first kappa shape index (κ1) is 20.3. The van der Waals surface area contributed by atoms with Crippen LogP contribution in [-0.2, 0) is 0 Å². The first-order chi connectivity index (χ1) is 16.1. The zero-order valence-corrected chi connectivity index (χ0v) is 18.0. The number of nitrogens with zero attached hydrogens (tertiary/aromatic N) is 2. The third kappa shape index (κ3) is 4.27. The molecule has 0 unspecified atom stereocenters. The number of ether oxygens (including phenoxy) is 1. The molecule has 0 saturated carbocycles. The molecular formula is C25H21N5O3. The molecule has 33 heavy (non-hydrogen) atoms. The molecule has 0 atom stereocenters. The van der Waals surface area contributed by atoms with Crippen LogP contribution in [0.3, 0.4) is 0 Å². The van der Waals surface area contributed by atoms with E-state index in [0.717, 1.165) is 33.5 Å². The van der Waals surface area contributed by atoms with Crippen molar-refractivity contribution in [1.82, 2.24) is 15.2 Å². The second-order valence-electron chi connectivity index (χ2n) is 7.53. The number of H-pyrrole nitrogens is 1. The summed E-state index contributed by atoms with van der Waals surface area (Å²) in [4.78, 5) is 17.0. The van der Waals surface area contributed by atoms with Gasteiger partial charge in [-0.2, -0.15) is 5.10 Å². The van der Waals surface area contributed by atoms with Crippen molar-refractivity contribution < 1.29 is 13.9 Å². The van der Waals surface area contributed by atoms with Gasteiger partial charge in [0.2, 0.25) is 5.89 Å². The van der Waals surface area contributed by atoms with Crippen molar-refractivity contribution in [3.05, 3.63) is 78.5 Å². The van der Waals surface area contributed by atoms with E-state index in [0.29, 0.717) is 23.0 Å². The van der Waals surface area contributed by atoms with Gasteiger partial charge in [-0.15, -0.1) is 0 Å². The maximum Gasteiger partial charge on any atom is 0.323 e. The standard InChI is InChI=1S/C25H21N5O3/c1-15-6-11-21-22(12-15)33-24(29-21)20-14-26-30-23(20)16-4-3-5-18(13-16)28-25(31)27-17-7-9-19(32-2)10-8-17/h3-14H,1-2H3,(H,26,30)(H2,27,28,31). The normalized spacial score (nSPS) is 10.8. The van der Waals surface area contributed by atoms with Crippen molar-refractivity contribution in [2.24, 2.45) is 0 Å². The molecule has 3 aromatic carbocycles. The van der Waals surface area contributed by atoms with Gasteiger partial charge in [-0.1, -0.05) is 18.2 Å². The molecule has 2 amide bonds. The van der Waals surface area contributed by atoms with E-state index in [9.17, 15) is 4.79 Å². The Morgan fingerprint density at radius 1 is 1.00 bits per heavy atom. The number of nitrogens with one attached hydrogen (secondary N) is 3. The third-order valence-electron chi connectivity index (χ3n) is 5.16. The predicted molar refractivity (Wildman–Crippen MR) is 127 cm³/mol. The van der Waals surface area contributed by atoms with Crippen LogP contribution >= 0.6 is 0 Å². The summed E-state index contributed by atoms with van der Waals surface area (Å²) in [6.07, 6.45) is 1.75. The van der Waals surface area contributed by atoms with Crippen molar-refractivity contribution in [3.8, 4) is 28.5 Å². The number of hydrogen-bond acceptors (Lipinski definition) is 5. The number of aromatic amines is 1. The van der Waals surface area contributed by atoms with E-state index in [4.69, 9.17) is 9.15 Å². The number of aryl methyl sites for hydroxylation is 1. The summed E-state index contributed by atoms with van der Waals surface area (Å²) in [6, 6.07) is 20.1. The Labute approximate surface area is 189 Å². The number of benzene rings is 3. The number of methoxy groups -OCH3 is 1. The van der Waals surface area contributed by atoms with Crippen LogP contribution in [0.1, 0.15) is 5.56 Å². The molecule has 0 aliphatic rings. The van der Waals surface area contributed by atoms with Crippen LogP contribution in [0.2, 0.25) is 0 Å². The molecule has 3 N–H and O–H groups in total. The maximum atomic E-state index is 12.4. The number of oxazole rings is 1. The van der Waals surface area contributed by atoms with E-state index in [1.165, 1.54) is 0 Å². The molecule has 8 heteroatoms. The lowest BCUT2D eigenvalue weighted by Crippen LogP contribution is -2.19. The quantitative estimate of drug-likeness (QED) is 0.319. The van der Waals surface area contributed by atoms with Crippen LogP contribution in [0.15, 0.2) is 77.3 Å². The summed E-state index contributed by atoms with van der Waals surface area (Å²) in [7, 11) is 1.60. The summed E-state index contributed by atoms with van der Waals surface area (Å²) in [5, 5.41) is 12.9. The lowest BCUT2D eigenvalue weighted by Gasteiger charge is -2.09. The fourth-order valence-corrected chi connectivity index (χ4v) is 3.53. The van der Waals surface area contributed by atoms with Crippen LogP contribution in [0.25, 0.3) is 33.8 Å². The van der Waals surface area contributed by atoms with Gasteiger partial charge in [-0.3, -0.25) is 5.10 Å². The highest BCUT2D eigenvalue weighted by molar-refractivity contribution is 6.00. The fraction of sp³-hybridized carbons (Fsp3) is 0.0800. The van der Waals surface area contributed by atoms with E-state index in [-0.39, 0.29) is 6.03 Å². The number of carbonyl (C=O) groups is 1. The van der Waals surface area contributed by atoms with E-state index < -0.39 is 0 Å². The molecule has 0 saturated heterocycles. The highest BCUT2D eigenvalue weighted by Crippen LogP contribution is 2.33. The Bertz CT molecular complexity index is 1440. The summed E-state index contributed by atoms with van der Waals surface area (Å²) < 4.78 is 11.1. The molecule has 5 rings (SSSR count). The summed E-state index contributed by atoms with van der Waals surface area (Å²) in [6.45, 7) is 2.01. The Hall–Kier alpha value is -4.59. The molecule has 0 aliphatic carbocycles. The molecule has 164 valence electrons. The Morgan fingerprint density at radius 3 is 2.64 bits per heavy atom. The minimum Gasteiger partial charge on any atom is -0.497 e. The Kier molecular flexibility index (Phi) is 5.24. The number of urea groups is 1. The molecule has 0 fully saturated rings. The van der Waals surface area contributed by atoms with E-state index >= 15 is 0 Å². The average molecular weight is 439 g/mol. The minimum absolute atomic E-state index is 0.353. The Morgan fingerprint density at radius 2 is 1.82 bits per heavy atom. The van der Waals surface area contributed by atoms with Gasteiger partial charge >= 0.3 is 6.03 Å². The fourth-order valence-electron chi connectivity index (χ4n) is 3.53. The first-order valence-electron chi connectivity index (χ1n) is 10.3. The number of fused-ring (bicyclic) bond motifs is 1. The van der Waals surface area contributed by atoms with Gasteiger partial charge in [-0.05, 0) is 61.0 Å². The van der Waals surface area contributed by atoms with Gasteiger partial charge in [0.05, 0.1) is 12.7 Å². The maximum absolute atomic E-state index is 12.4. The summed E-state index contributed by atoms with van der Waals surface area (Å²) in [5.41, 5.74) is 6.12. The summed E-state index contributed by atoms with van der Waals surface area (Å²) >= 11 is 0. The van der Waals surface area contributed by atoms with Crippen LogP contribution in [-0.4, -0.2) is 28.3 Å². The Balaban J connectivity index is 1.37. The monoisotopic (exact) mass is 439 g/mol. The topological polar surface area (TPSA) is 105 Å². The van der Waals surface area contributed by atoms with Gasteiger partial charge in [0, 0.05) is 23.1 Å². The van der Waals surface area contributed by atoms with Gasteiger partial charge in [0.25, 0.3) is 0 Å². The highest BCUT2D eigenvalue weighted by Gasteiger charge is 2.17. The SMILES string of the molecule is COc1ccc(NC(=O)Nc2cccc(-c3n[nH]cc3-c3nc4ccc(C)cc4o3)c2)cc1. The van der Waals surface area contributed by atoms with E-state index in [1.807, 2.05) is 49.4 Å². The van der Waals surface area contributed by atoms with Crippen LogP contribution in [0, 0.1) is 6.92 Å². The van der Waals surface area contributed by atoms with Gasteiger partial charge in [0.15, 0.2) is 5.58 Å². The second kappa shape index (κ2) is 8.51. The van der Waals surface area contributed by atoms with Gasteiger partial charge in [0.1, 0.15) is 17.0 Å². The number of amides is 2. The molecule has 2 aromatic heterocycles. The minimum atomic E-state index is -0.353. The predicted octanol–water partition coefficient (Wildman–Crippen LogP) is 5.85. The van der Waals surface area contributed by atoms with Crippen molar-refractivity contribution in [1.29, 1.82) is 0 Å². The van der Waals surface area contributed by atoms with Crippen molar-refractivity contribution in [3.63, 3.8) is 0 Å². The molecule has 5 aromatic rings. The zero-order chi connectivity index (χ0) is 22.8.